The van der Waals surface area contributed by atoms with Crippen molar-refractivity contribution in [2.75, 3.05) is 26.7 Å². The molecule has 0 aromatic carbocycles. The summed E-state index contributed by atoms with van der Waals surface area (Å²) in [6, 6.07) is 0.844. The van der Waals surface area contributed by atoms with Gasteiger partial charge in [-0.1, -0.05) is 13.8 Å². The molecule has 1 aliphatic carbocycles. The minimum atomic E-state index is 0.587. The second-order valence-electron chi connectivity index (χ2n) is 6.71. The Labute approximate surface area is 101 Å². The smallest absolute Gasteiger partial charge is 0.00976 e. The molecule has 2 unspecified atom stereocenters. The van der Waals surface area contributed by atoms with Crippen LogP contribution >= 0.6 is 0 Å². The average molecular weight is 224 g/mol. The van der Waals surface area contributed by atoms with Gasteiger partial charge in [0, 0.05) is 12.6 Å². The highest BCUT2D eigenvalue weighted by atomic mass is 15.1. The zero-order chi connectivity index (χ0) is 11.6. The largest absolute Gasteiger partial charge is 0.316 e. The van der Waals surface area contributed by atoms with Gasteiger partial charge in [0.25, 0.3) is 0 Å². The van der Waals surface area contributed by atoms with Gasteiger partial charge < -0.3 is 10.2 Å². The Bertz CT molecular complexity index is 219. The third-order valence-electron chi connectivity index (χ3n) is 4.51. The zero-order valence-electron chi connectivity index (χ0n) is 11.3. The maximum atomic E-state index is 3.52. The molecular weight excluding hydrogens is 196 g/mol. The first kappa shape index (κ1) is 12.4. The summed E-state index contributed by atoms with van der Waals surface area (Å²) in [4.78, 5) is 2.63. The van der Waals surface area contributed by atoms with Crippen LogP contribution in [0.15, 0.2) is 0 Å². The van der Waals surface area contributed by atoms with Crippen LogP contribution in [0.5, 0.6) is 0 Å². The van der Waals surface area contributed by atoms with Crippen molar-refractivity contribution >= 4 is 0 Å². The van der Waals surface area contributed by atoms with Gasteiger partial charge in [-0.15, -0.1) is 0 Å². The van der Waals surface area contributed by atoms with E-state index in [0.717, 1.165) is 12.0 Å². The predicted molar refractivity (Wildman–Crippen MR) is 69.6 cm³/mol. The summed E-state index contributed by atoms with van der Waals surface area (Å²) in [5.41, 5.74) is 0.587. The van der Waals surface area contributed by atoms with E-state index in [2.05, 4.69) is 31.1 Å². The summed E-state index contributed by atoms with van der Waals surface area (Å²) in [6.07, 6.45) is 7.00. The van der Waals surface area contributed by atoms with Crippen LogP contribution in [0.3, 0.4) is 0 Å². The molecule has 2 rings (SSSR count). The summed E-state index contributed by atoms with van der Waals surface area (Å²) < 4.78 is 0. The molecule has 0 amide bonds. The summed E-state index contributed by atoms with van der Waals surface area (Å²) in [5.74, 6) is 0.891. The Morgan fingerprint density at radius 1 is 1.31 bits per heavy atom. The molecule has 1 heterocycles. The molecule has 16 heavy (non-hydrogen) atoms. The van der Waals surface area contributed by atoms with Crippen molar-refractivity contribution in [3.63, 3.8) is 0 Å². The van der Waals surface area contributed by atoms with E-state index in [1.165, 1.54) is 51.7 Å². The first-order valence-corrected chi connectivity index (χ1v) is 6.98. The number of piperidine rings is 1. The van der Waals surface area contributed by atoms with Crippen LogP contribution in [0, 0.1) is 11.3 Å². The molecule has 0 spiro atoms. The number of rotatable bonds is 3. The Kier molecular flexibility index (Phi) is 3.91. The Morgan fingerprint density at radius 2 is 2.12 bits per heavy atom. The van der Waals surface area contributed by atoms with Crippen molar-refractivity contribution in [1.29, 1.82) is 0 Å². The topological polar surface area (TPSA) is 15.3 Å². The van der Waals surface area contributed by atoms with Crippen LogP contribution in [0.4, 0.5) is 0 Å². The number of nitrogens with zero attached hydrogens (tertiary/aromatic N) is 1. The van der Waals surface area contributed by atoms with Crippen molar-refractivity contribution in [3.05, 3.63) is 0 Å². The van der Waals surface area contributed by atoms with Gasteiger partial charge in [0.2, 0.25) is 0 Å². The fourth-order valence-corrected chi connectivity index (χ4v) is 3.41. The second-order valence-corrected chi connectivity index (χ2v) is 6.71. The monoisotopic (exact) mass is 224 g/mol. The van der Waals surface area contributed by atoms with Crippen molar-refractivity contribution in [3.8, 4) is 0 Å². The number of hydrogen-bond donors (Lipinski definition) is 1. The molecule has 2 atom stereocenters. The van der Waals surface area contributed by atoms with Crippen LogP contribution < -0.4 is 5.32 Å². The first-order chi connectivity index (χ1) is 7.57. The van der Waals surface area contributed by atoms with E-state index in [-0.39, 0.29) is 0 Å². The minimum absolute atomic E-state index is 0.587. The van der Waals surface area contributed by atoms with Crippen LogP contribution in [0.1, 0.15) is 46.0 Å². The molecule has 1 saturated carbocycles. The molecule has 2 nitrogen and oxygen atoms in total. The molecule has 2 aliphatic rings. The summed E-state index contributed by atoms with van der Waals surface area (Å²) in [5, 5.41) is 3.52. The second kappa shape index (κ2) is 5.05. The van der Waals surface area contributed by atoms with E-state index < -0.39 is 0 Å². The molecule has 2 heteroatoms. The van der Waals surface area contributed by atoms with E-state index in [1.807, 2.05) is 0 Å². The van der Waals surface area contributed by atoms with Crippen LogP contribution in [-0.2, 0) is 0 Å². The Morgan fingerprint density at radius 3 is 2.69 bits per heavy atom. The third kappa shape index (κ3) is 3.21. The highest BCUT2D eigenvalue weighted by Gasteiger charge is 2.33. The maximum Gasteiger partial charge on any atom is 0.00976 e. The highest BCUT2D eigenvalue weighted by molar-refractivity contribution is 4.88. The molecule has 0 aromatic heterocycles. The summed E-state index contributed by atoms with van der Waals surface area (Å²) in [6.45, 7) is 8.61. The van der Waals surface area contributed by atoms with E-state index in [9.17, 15) is 0 Å². The molecule has 0 aromatic rings. The Hall–Kier alpha value is -0.0800. The van der Waals surface area contributed by atoms with E-state index in [0.29, 0.717) is 5.41 Å². The van der Waals surface area contributed by atoms with E-state index >= 15 is 0 Å². The van der Waals surface area contributed by atoms with Crippen LogP contribution in [0.2, 0.25) is 0 Å². The standard InChI is InChI=1S/C14H28N2/c1-14(2)7-6-13(9-14)16(3)11-12-5-4-8-15-10-12/h12-13,15H,4-11H2,1-3H3. The van der Waals surface area contributed by atoms with E-state index in [4.69, 9.17) is 0 Å². The van der Waals surface area contributed by atoms with Gasteiger partial charge in [-0.25, -0.2) is 0 Å². The Balaban J connectivity index is 1.77. The maximum absolute atomic E-state index is 3.52. The average Bonchev–Trinajstić information content (AvgIpc) is 2.60. The van der Waals surface area contributed by atoms with E-state index in [1.54, 1.807) is 0 Å². The zero-order valence-corrected chi connectivity index (χ0v) is 11.3. The number of nitrogens with one attached hydrogen (secondary N) is 1. The predicted octanol–water partition coefficient (Wildman–Crippen LogP) is 2.50. The van der Waals surface area contributed by atoms with Crippen molar-refractivity contribution < 1.29 is 0 Å². The highest BCUT2D eigenvalue weighted by Crippen LogP contribution is 2.39. The van der Waals surface area contributed by atoms with Gasteiger partial charge >= 0.3 is 0 Å². The summed E-state index contributed by atoms with van der Waals surface area (Å²) >= 11 is 0. The molecule has 2 fully saturated rings. The molecular formula is C14H28N2. The number of hydrogen-bond acceptors (Lipinski definition) is 2. The van der Waals surface area contributed by atoms with Crippen molar-refractivity contribution in [2.24, 2.45) is 11.3 Å². The molecule has 1 saturated heterocycles. The van der Waals surface area contributed by atoms with Crippen molar-refractivity contribution in [1.82, 2.24) is 10.2 Å². The van der Waals surface area contributed by atoms with Gasteiger partial charge in [0.1, 0.15) is 0 Å². The van der Waals surface area contributed by atoms with Gasteiger partial charge in [0.05, 0.1) is 0 Å². The molecule has 0 bridgehead atoms. The lowest BCUT2D eigenvalue weighted by Crippen LogP contribution is -2.40. The fraction of sp³-hybridized carbons (Fsp3) is 1.00. The third-order valence-corrected chi connectivity index (χ3v) is 4.51. The lowest BCUT2D eigenvalue weighted by atomic mass is 9.91. The lowest BCUT2D eigenvalue weighted by Gasteiger charge is -2.32. The normalized spacial score (nSPS) is 34.5. The van der Waals surface area contributed by atoms with Gasteiger partial charge in [0.15, 0.2) is 0 Å². The molecule has 0 radical (unpaired) electrons. The lowest BCUT2D eigenvalue weighted by molar-refractivity contribution is 0.180. The first-order valence-electron chi connectivity index (χ1n) is 6.98. The molecule has 94 valence electrons. The molecule has 1 N–H and O–H groups in total. The van der Waals surface area contributed by atoms with Crippen LogP contribution in [0.25, 0.3) is 0 Å². The quantitative estimate of drug-likeness (QED) is 0.792. The SMILES string of the molecule is CN(CC1CCCNC1)C1CCC(C)(C)C1. The molecule has 1 aliphatic heterocycles. The summed E-state index contributed by atoms with van der Waals surface area (Å²) in [7, 11) is 2.33. The van der Waals surface area contributed by atoms with Gasteiger partial charge in [-0.3, -0.25) is 0 Å². The van der Waals surface area contributed by atoms with Gasteiger partial charge in [-0.05, 0) is 63.6 Å². The fourth-order valence-electron chi connectivity index (χ4n) is 3.41. The minimum Gasteiger partial charge on any atom is -0.316 e. The van der Waals surface area contributed by atoms with Crippen LogP contribution in [-0.4, -0.2) is 37.6 Å². The van der Waals surface area contributed by atoms with Gasteiger partial charge in [-0.2, -0.15) is 0 Å². The van der Waals surface area contributed by atoms with Crippen molar-refractivity contribution in [2.45, 2.75) is 52.0 Å².